The van der Waals surface area contributed by atoms with Crippen LogP contribution >= 0.6 is 27.3 Å². The minimum absolute atomic E-state index is 0.184. The zero-order valence-electron chi connectivity index (χ0n) is 9.88. The van der Waals surface area contributed by atoms with E-state index < -0.39 is 0 Å². The molecule has 1 fully saturated rings. The van der Waals surface area contributed by atoms with E-state index in [1.807, 2.05) is 5.38 Å². The van der Waals surface area contributed by atoms with Gasteiger partial charge in [0.25, 0.3) is 0 Å². The van der Waals surface area contributed by atoms with Gasteiger partial charge < -0.3 is 10.6 Å². The third-order valence-corrected chi connectivity index (χ3v) is 5.00. The molecule has 1 aliphatic rings. The van der Waals surface area contributed by atoms with Crippen LogP contribution in [0.2, 0.25) is 0 Å². The average molecular weight is 317 g/mol. The Morgan fingerprint density at radius 2 is 2.29 bits per heavy atom. The molecule has 2 heterocycles. The number of hydrogen-bond acceptors (Lipinski definition) is 3. The summed E-state index contributed by atoms with van der Waals surface area (Å²) in [5, 5.41) is 8.37. The zero-order valence-corrected chi connectivity index (χ0v) is 12.3. The highest BCUT2D eigenvalue weighted by Crippen LogP contribution is 2.28. The first-order valence-electron chi connectivity index (χ1n) is 5.82. The topological polar surface area (TPSA) is 41.1 Å². The lowest BCUT2D eigenvalue weighted by atomic mass is 9.80. The second-order valence-electron chi connectivity index (χ2n) is 4.72. The Morgan fingerprint density at radius 1 is 1.59 bits per heavy atom. The van der Waals surface area contributed by atoms with E-state index in [4.69, 9.17) is 0 Å². The summed E-state index contributed by atoms with van der Waals surface area (Å²) < 4.78 is 1.08. The van der Waals surface area contributed by atoms with E-state index in [0.29, 0.717) is 6.54 Å². The second-order valence-corrected chi connectivity index (χ2v) is 6.64. The highest BCUT2D eigenvalue weighted by atomic mass is 79.9. The lowest BCUT2D eigenvalue weighted by Crippen LogP contribution is -2.45. The summed E-state index contributed by atoms with van der Waals surface area (Å²) in [5.74, 6) is 0.184. The maximum Gasteiger partial charge on any atom is 0.226 e. The monoisotopic (exact) mass is 316 g/mol. The lowest BCUT2D eigenvalue weighted by molar-refractivity contribution is -0.131. The molecule has 3 nitrogen and oxygen atoms in total. The number of halogens is 1. The molecule has 2 N–H and O–H groups in total. The van der Waals surface area contributed by atoms with Gasteiger partial charge in [0.05, 0.1) is 6.54 Å². The van der Waals surface area contributed by atoms with Crippen LogP contribution in [0.15, 0.2) is 15.9 Å². The lowest BCUT2D eigenvalue weighted by Gasteiger charge is -2.32. The van der Waals surface area contributed by atoms with Gasteiger partial charge in [-0.25, -0.2) is 0 Å². The van der Waals surface area contributed by atoms with Crippen molar-refractivity contribution < 1.29 is 4.79 Å². The maximum absolute atomic E-state index is 12.2. The van der Waals surface area contributed by atoms with Crippen LogP contribution in [0.3, 0.4) is 0 Å². The van der Waals surface area contributed by atoms with Crippen LogP contribution in [0.25, 0.3) is 0 Å². The summed E-state index contributed by atoms with van der Waals surface area (Å²) in [6, 6.07) is 2.05. The Bertz CT molecular complexity index is 399. The van der Waals surface area contributed by atoms with Crippen molar-refractivity contribution in [3.05, 3.63) is 20.8 Å². The van der Waals surface area contributed by atoms with Gasteiger partial charge in [-0.1, -0.05) is 6.92 Å². The predicted octanol–water partition coefficient (Wildman–Crippen LogP) is 2.52. The molecule has 0 aromatic carbocycles. The molecule has 0 unspecified atom stereocenters. The molecule has 5 heteroatoms. The second kappa shape index (κ2) is 5.50. The Morgan fingerprint density at radius 3 is 2.88 bits per heavy atom. The van der Waals surface area contributed by atoms with Crippen LogP contribution < -0.4 is 10.6 Å². The van der Waals surface area contributed by atoms with Crippen molar-refractivity contribution in [2.45, 2.75) is 26.3 Å². The molecule has 0 saturated carbocycles. The Balaban J connectivity index is 1.88. The van der Waals surface area contributed by atoms with Crippen LogP contribution in [0.1, 0.15) is 24.6 Å². The fourth-order valence-electron chi connectivity index (χ4n) is 2.03. The molecular formula is C12H17BrN2OS. The van der Waals surface area contributed by atoms with E-state index in [2.05, 4.69) is 39.6 Å². The van der Waals surface area contributed by atoms with Crippen molar-refractivity contribution in [1.29, 1.82) is 0 Å². The van der Waals surface area contributed by atoms with Crippen molar-refractivity contribution >= 4 is 33.2 Å². The van der Waals surface area contributed by atoms with E-state index >= 15 is 0 Å². The Kier molecular flexibility index (Phi) is 4.22. The molecule has 17 heavy (non-hydrogen) atoms. The van der Waals surface area contributed by atoms with Crippen LogP contribution in [-0.4, -0.2) is 19.0 Å². The molecule has 0 aliphatic carbocycles. The number of carbonyl (C=O) groups is 1. The zero-order chi connectivity index (χ0) is 12.3. The predicted molar refractivity (Wildman–Crippen MR) is 74.1 cm³/mol. The standard InChI is InChI=1S/C12H17BrN2OS/c1-12(2-4-14-5-3-12)11(16)15-7-10-6-9(13)8-17-10/h6,8,14H,2-5,7H2,1H3,(H,15,16). The molecule has 1 amide bonds. The van der Waals surface area contributed by atoms with Gasteiger partial charge in [-0.2, -0.15) is 0 Å². The normalized spacial score (nSPS) is 18.9. The van der Waals surface area contributed by atoms with Crippen LogP contribution in [-0.2, 0) is 11.3 Å². The van der Waals surface area contributed by atoms with Crippen molar-refractivity contribution in [3.8, 4) is 0 Å². The molecule has 94 valence electrons. The number of rotatable bonds is 3. The average Bonchev–Trinajstić information content (AvgIpc) is 2.73. The highest BCUT2D eigenvalue weighted by Gasteiger charge is 2.34. The molecule has 2 rings (SSSR count). The van der Waals surface area contributed by atoms with Gasteiger partial charge in [-0.15, -0.1) is 11.3 Å². The number of carbonyl (C=O) groups excluding carboxylic acids is 1. The van der Waals surface area contributed by atoms with Gasteiger partial charge in [-0.3, -0.25) is 4.79 Å². The smallest absolute Gasteiger partial charge is 0.226 e. The minimum Gasteiger partial charge on any atom is -0.351 e. The van der Waals surface area contributed by atoms with Gasteiger partial charge >= 0.3 is 0 Å². The van der Waals surface area contributed by atoms with Gasteiger partial charge in [0.15, 0.2) is 0 Å². The van der Waals surface area contributed by atoms with Crippen LogP contribution in [0, 0.1) is 5.41 Å². The van der Waals surface area contributed by atoms with Crippen molar-refractivity contribution in [2.24, 2.45) is 5.41 Å². The number of hydrogen-bond donors (Lipinski definition) is 2. The summed E-state index contributed by atoms with van der Waals surface area (Å²) in [6.07, 6.45) is 1.85. The van der Waals surface area contributed by atoms with Crippen molar-refractivity contribution in [1.82, 2.24) is 10.6 Å². The fraction of sp³-hybridized carbons (Fsp3) is 0.583. The van der Waals surface area contributed by atoms with Gasteiger partial charge in [-0.05, 0) is 47.9 Å². The number of piperidine rings is 1. The summed E-state index contributed by atoms with van der Waals surface area (Å²) >= 11 is 5.08. The first kappa shape index (κ1) is 13.1. The number of nitrogens with one attached hydrogen (secondary N) is 2. The minimum atomic E-state index is -0.195. The molecular weight excluding hydrogens is 300 g/mol. The van der Waals surface area contributed by atoms with Gasteiger partial charge in [0.2, 0.25) is 5.91 Å². The van der Waals surface area contributed by atoms with E-state index in [-0.39, 0.29) is 11.3 Å². The van der Waals surface area contributed by atoms with Crippen LogP contribution in [0.4, 0.5) is 0 Å². The largest absolute Gasteiger partial charge is 0.351 e. The van der Waals surface area contributed by atoms with E-state index in [1.54, 1.807) is 11.3 Å². The highest BCUT2D eigenvalue weighted by molar-refractivity contribution is 9.10. The maximum atomic E-state index is 12.2. The molecule has 1 saturated heterocycles. The van der Waals surface area contributed by atoms with E-state index in [0.717, 1.165) is 30.4 Å². The molecule has 0 bridgehead atoms. The molecule has 0 radical (unpaired) electrons. The van der Waals surface area contributed by atoms with Crippen molar-refractivity contribution in [2.75, 3.05) is 13.1 Å². The third kappa shape index (κ3) is 3.30. The molecule has 1 aromatic heterocycles. The summed E-state index contributed by atoms with van der Waals surface area (Å²) in [4.78, 5) is 13.3. The Labute approximate surface area is 114 Å². The van der Waals surface area contributed by atoms with E-state index in [9.17, 15) is 4.79 Å². The molecule has 1 aliphatic heterocycles. The van der Waals surface area contributed by atoms with E-state index in [1.165, 1.54) is 4.88 Å². The fourth-order valence-corrected chi connectivity index (χ4v) is 3.42. The molecule has 1 aromatic rings. The third-order valence-electron chi connectivity index (χ3n) is 3.30. The number of amides is 1. The molecule has 0 spiro atoms. The van der Waals surface area contributed by atoms with Crippen LogP contribution in [0.5, 0.6) is 0 Å². The summed E-state index contributed by atoms with van der Waals surface area (Å²) in [6.45, 7) is 4.58. The summed E-state index contributed by atoms with van der Waals surface area (Å²) in [5.41, 5.74) is -0.195. The quantitative estimate of drug-likeness (QED) is 0.899. The first-order chi connectivity index (χ1) is 8.10. The summed E-state index contributed by atoms with van der Waals surface area (Å²) in [7, 11) is 0. The van der Waals surface area contributed by atoms with Gasteiger partial charge in [0, 0.05) is 20.1 Å². The van der Waals surface area contributed by atoms with Crippen molar-refractivity contribution in [3.63, 3.8) is 0 Å². The SMILES string of the molecule is CC1(C(=O)NCc2cc(Br)cs2)CCNCC1. The molecule has 0 atom stereocenters. The Hall–Kier alpha value is -0.390. The van der Waals surface area contributed by atoms with Gasteiger partial charge in [0.1, 0.15) is 0 Å². The first-order valence-corrected chi connectivity index (χ1v) is 7.49. The number of thiophene rings is 1.